The standard InChI is InChI=1S/C9H17O.Li/c1-6-8(7-2)10-9(3,4)5;/h1,6,8H,7H2,2-5H3;/q-1;+1. The maximum Gasteiger partial charge on any atom is 1.00 e. The van der Waals surface area contributed by atoms with E-state index in [9.17, 15) is 0 Å². The molecule has 0 fully saturated rings. The van der Waals surface area contributed by atoms with Crippen molar-refractivity contribution in [2.45, 2.75) is 45.8 Å². The van der Waals surface area contributed by atoms with Crippen molar-refractivity contribution < 1.29 is 23.6 Å². The molecule has 0 radical (unpaired) electrons. The molecule has 1 atom stereocenters. The third kappa shape index (κ3) is 8.20. The Bertz CT molecular complexity index is 105. The average molecular weight is 148 g/mol. The maximum absolute atomic E-state index is 5.56. The summed E-state index contributed by atoms with van der Waals surface area (Å²) in [6, 6.07) is 0. The topological polar surface area (TPSA) is 9.23 Å². The maximum atomic E-state index is 5.56. The first kappa shape index (κ1) is 13.9. The minimum atomic E-state index is -0.0868. The molecule has 60 valence electrons. The van der Waals surface area contributed by atoms with Crippen molar-refractivity contribution in [1.29, 1.82) is 0 Å². The second-order valence-electron chi connectivity index (χ2n) is 3.37. The molecule has 0 saturated heterocycles. The summed E-state index contributed by atoms with van der Waals surface area (Å²) in [5.74, 6) is 0. The summed E-state index contributed by atoms with van der Waals surface area (Å²) in [6.45, 7) is 13.5. The quantitative estimate of drug-likeness (QED) is 0.390. The number of ether oxygens (including phenoxy) is 1. The molecule has 0 aliphatic rings. The van der Waals surface area contributed by atoms with Crippen molar-refractivity contribution in [3.8, 4) is 0 Å². The van der Waals surface area contributed by atoms with Gasteiger partial charge >= 0.3 is 18.9 Å². The van der Waals surface area contributed by atoms with E-state index in [1.54, 1.807) is 6.08 Å². The number of hydrogen-bond acceptors (Lipinski definition) is 1. The molecule has 0 aliphatic carbocycles. The van der Waals surface area contributed by atoms with E-state index in [0.717, 1.165) is 6.42 Å². The predicted molar refractivity (Wildman–Crippen MR) is 43.8 cm³/mol. The number of hydrogen-bond donors (Lipinski definition) is 0. The van der Waals surface area contributed by atoms with Crippen LogP contribution in [0.5, 0.6) is 0 Å². The van der Waals surface area contributed by atoms with Gasteiger partial charge in [0.1, 0.15) is 0 Å². The summed E-state index contributed by atoms with van der Waals surface area (Å²) in [7, 11) is 0. The Hall–Kier alpha value is 0.297. The zero-order valence-electron chi connectivity index (χ0n) is 8.35. The first-order valence-electron chi connectivity index (χ1n) is 3.72. The second kappa shape index (κ2) is 5.89. The average Bonchev–Trinajstić information content (AvgIpc) is 1.81. The van der Waals surface area contributed by atoms with Crippen LogP contribution in [0.4, 0.5) is 0 Å². The summed E-state index contributed by atoms with van der Waals surface area (Å²) >= 11 is 0. The summed E-state index contributed by atoms with van der Waals surface area (Å²) in [5, 5.41) is 0. The van der Waals surface area contributed by atoms with Crippen LogP contribution in [0.3, 0.4) is 0 Å². The van der Waals surface area contributed by atoms with E-state index < -0.39 is 0 Å². The van der Waals surface area contributed by atoms with Crippen LogP contribution in [0.15, 0.2) is 6.08 Å². The fraction of sp³-hybridized carbons (Fsp3) is 0.778. The third-order valence-corrected chi connectivity index (χ3v) is 1.12. The van der Waals surface area contributed by atoms with E-state index in [1.165, 1.54) is 0 Å². The minimum Gasteiger partial charge on any atom is -0.515 e. The molecule has 0 rings (SSSR count). The molecule has 0 aliphatic heterocycles. The van der Waals surface area contributed by atoms with Gasteiger partial charge in [0.15, 0.2) is 0 Å². The third-order valence-electron chi connectivity index (χ3n) is 1.12. The predicted octanol–water partition coefficient (Wildman–Crippen LogP) is -0.427. The van der Waals surface area contributed by atoms with Crippen LogP contribution in [0.2, 0.25) is 0 Å². The molecule has 1 unspecified atom stereocenters. The van der Waals surface area contributed by atoms with Crippen molar-refractivity contribution in [1.82, 2.24) is 0 Å². The van der Waals surface area contributed by atoms with Crippen molar-refractivity contribution in [2.24, 2.45) is 0 Å². The molecule has 0 amide bonds. The van der Waals surface area contributed by atoms with Gasteiger partial charge in [0.2, 0.25) is 0 Å². The molecule has 0 aromatic heterocycles. The smallest absolute Gasteiger partial charge is 0.515 e. The van der Waals surface area contributed by atoms with E-state index in [4.69, 9.17) is 11.3 Å². The molecule has 0 N–H and O–H groups in total. The molecule has 1 nitrogen and oxygen atoms in total. The molecule has 0 spiro atoms. The van der Waals surface area contributed by atoms with Crippen molar-refractivity contribution in [3.05, 3.63) is 12.7 Å². The van der Waals surface area contributed by atoms with Crippen molar-refractivity contribution in [3.63, 3.8) is 0 Å². The molecular weight excluding hydrogens is 131 g/mol. The molecule has 0 aromatic rings. The van der Waals surface area contributed by atoms with Crippen molar-refractivity contribution >= 4 is 0 Å². The molecular formula is C9H17LiO. The molecule has 0 aromatic carbocycles. The zero-order chi connectivity index (χ0) is 8.20. The SMILES string of the molecule is [CH-]=CC(CC)OC(C)(C)C.[Li+]. The minimum absolute atomic E-state index is 0. The van der Waals surface area contributed by atoms with Gasteiger partial charge in [-0.15, -0.1) is 0 Å². The fourth-order valence-corrected chi connectivity index (χ4v) is 0.713. The Morgan fingerprint density at radius 3 is 2.00 bits per heavy atom. The van der Waals surface area contributed by atoms with E-state index in [2.05, 4.69) is 6.92 Å². The Morgan fingerprint density at radius 2 is 1.91 bits per heavy atom. The van der Waals surface area contributed by atoms with E-state index in [0.29, 0.717) is 0 Å². The summed E-state index contributed by atoms with van der Waals surface area (Å²) in [5.41, 5.74) is -0.0868. The van der Waals surface area contributed by atoms with Crippen LogP contribution in [-0.2, 0) is 4.74 Å². The van der Waals surface area contributed by atoms with Gasteiger partial charge < -0.3 is 11.3 Å². The Kier molecular flexibility index (Phi) is 7.42. The van der Waals surface area contributed by atoms with Crippen LogP contribution in [0.25, 0.3) is 0 Å². The van der Waals surface area contributed by atoms with Gasteiger partial charge in [-0.25, -0.2) is 6.08 Å². The summed E-state index contributed by atoms with van der Waals surface area (Å²) < 4.78 is 5.56. The van der Waals surface area contributed by atoms with Gasteiger partial charge in [-0.05, 0) is 27.2 Å². The first-order valence-corrected chi connectivity index (χ1v) is 3.72. The van der Waals surface area contributed by atoms with Gasteiger partial charge in [0.05, 0.1) is 5.60 Å². The van der Waals surface area contributed by atoms with Crippen LogP contribution in [-0.4, -0.2) is 11.7 Å². The van der Waals surface area contributed by atoms with E-state index in [-0.39, 0.29) is 30.6 Å². The largest absolute Gasteiger partial charge is 1.00 e. The van der Waals surface area contributed by atoms with Crippen molar-refractivity contribution in [2.75, 3.05) is 0 Å². The van der Waals surface area contributed by atoms with Crippen LogP contribution in [0.1, 0.15) is 34.1 Å². The summed E-state index contributed by atoms with van der Waals surface area (Å²) in [4.78, 5) is 0. The molecule has 0 heterocycles. The van der Waals surface area contributed by atoms with Crippen LogP contribution >= 0.6 is 0 Å². The van der Waals surface area contributed by atoms with E-state index >= 15 is 0 Å². The summed E-state index contributed by atoms with van der Waals surface area (Å²) in [6.07, 6.45) is 2.64. The van der Waals surface area contributed by atoms with Gasteiger partial charge in [0.25, 0.3) is 0 Å². The van der Waals surface area contributed by atoms with Crippen LogP contribution < -0.4 is 18.9 Å². The molecule has 11 heavy (non-hydrogen) atoms. The zero-order valence-corrected chi connectivity index (χ0v) is 8.35. The monoisotopic (exact) mass is 148 g/mol. The second-order valence-corrected chi connectivity index (χ2v) is 3.37. The Balaban J connectivity index is 0. The van der Waals surface area contributed by atoms with Gasteiger partial charge in [-0.2, -0.15) is 0 Å². The van der Waals surface area contributed by atoms with Crippen LogP contribution in [0, 0.1) is 6.58 Å². The van der Waals surface area contributed by atoms with E-state index in [1.807, 2.05) is 20.8 Å². The molecule has 0 saturated carbocycles. The Labute approximate surface area is 82.4 Å². The molecule has 0 bridgehead atoms. The Morgan fingerprint density at radius 1 is 1.45 bits per heavy atom. The van der Waals surface area contributed by atoms with Gasteiger partial charge in [-0.3, -0.25) is 0 Å². The van der Waals surface area contributed by atoms with Gasteiger partial charge in [0, 0.05) is 6.10 Å². The fourth-order valence-electron chi connectivity index (χ4n) is 0.713. The number of rotatable bonds is 3. The molecule has 2 heteroatoms. The van der Waals surface area contributed by atoms with Gasteiger partial charge in [-0.1, -0.05) is 6.92 Å². The normalized spacial score (nSPS) is 13.5. The first-order chi connectivity index (χ1) is 4.49.